The van der Waals surface area contributed by atoms with Gasteiger partial charge in [0.25, 0.3) is 0 Å². The third kappa shape index (κ3) is 4.57. The Bertz CT molecular complexity index is 607. The molecule has 2 heterocycles. The van der Waals surface area contributed by atoms with Crippen LogP contribution in [0.4, 0.5) is 0 Å². The first-order chi connectivity index (χ1) is 11.7. The number of hydrogen-bond acceptors (Lipinski definition) is 5. The van der Waals surface area contributed by atoms with Gasteiger partial charge in [0.15, 0.2) is 0 Å². The van der Waals surface area contributed by atoms with Crippen molar-refractivity contribution in [2.45, 2.75) is 64.0 Å². The van der Waals surface area contributed by atoms with Crippen molar-refractivity contribution in [1.82, 2.24) is 24.8 Å². The molecule has 1 aliphatic rings. The Labute approximate surface area is 144 Å². The predicted molar refractivity (Wildman–Crippen MR) is 94.5 cm³/mol. The largest absolute Gasteiger partial charge is 0.299 e. The molecule has 5 heteroatoms. The summed E-state index contributed by atoms with van der Waals surface area (Å²) >= 11 is 0. The van der Waals surface area contributed by atoms with Crippen molar-refractivity contribution in [2.24, 2.45) is 0 Å². The molecule has 3 rings (SSSR count). The zero-order chi connectivity index (χ0) is 16.8. The fourth-order valence-corrected chi connectivity index (χ4v) is 3.36. The van der Waals surface area contributed by atoms with Gasteiger partial charge >= 0.3 is 0 Å². The Balaban J connectivity index is 1.54. The molecule has 0 N–H and O–H groups in total. The highest BCUT2D eigenvalue weighted by Gasteiger charge is 2.18. The third-order valence-corrected chi connectivity index (χ3v) is 5.00. The Morgan fingerprint density at radius 1 is 1.04 bits per heavy atom. The Morgan fingerprint density at radius 3 is 2.46 bits per heavy atom. The van der Waals surface area contributed by atoms with E-state index in [1.54, 1.807) is 12.4 Å². The molecule has 0 aliphatic heterocycles. The maximum atomic E-state index is 4.64. The first-order valence-electron chi connectivity index (χ1n) is 8.98. The van der Waals surface area contributed by atoms with Crippen molar-refractivity contribution in [3.05, 3.63) is 48.1 Å². The highest BCUT2D eigenvalue weighted by Crippen LogP contribution is 2.30. The van der Waals surface area contributed by atoms with Crippen molar-refractivity contribution >= 4 is 0 Å². The monoisotopic (exact) mass is 325 g/mol. The summed E-state index contributed by atoms with van der Waals surface area (Å²) in [5.41, 5.74) is 2.20. The Hall–Kier alpha value is -1.88. The minimum atomic E-state index is 0.389. The SMILES string of the molecule is CC(Cc1cnccn1)N(C)Cc1cnc(C2CCCCC2)nc1. The number of aromatic nitrogens is 4. The van der Waals surface area contributed by atoms with Crippen LogP contribution in [0.15, 0.2) is 31.0 Å². The molecule has 1 unspecified atom stereocenters. The van der Waals surface area contributed by atoms with Crippen LogP contribution in [0.25, 0.3) is 0 Å². The quantitative estimate of drug-likeness (QED) is 0.815. The van der Waals surface area contributed by atoms with Crippen molar-refractivity contribution in [2.75, 3.05) is 7.05 Å². The van der Waals surface area contributed by atoms with E-state index in [1.807, 2.05) is 18.6 Å². The Kier molecular flexibility index (Phi) is 5.86. The van der Waals surface area contributed by atoms with E-state index in [1.165, 1.54) is 37.7 Å². The minimum Gasteiger partial charge on any atom is -0.299 e. The van der Waals surface area contributed by atoms with Gasteiger partial charge in [-0.25, -0.2) is 9.97 Å². The maximum Gasteiger partial charge on any atom is 0.131 e. The molecule has 0 amide bonds. The van der Waals surface area contributed by atoms with Crippen LogP contribution in [-0.2, 0) is 13.0 Å². The van der Waals surface area contributed by atoms with Crippen LogP contribution in [0.2, 0.25) is 0 Å². The van der Waals surface area contributed by atoms with Gasteiger partial charge in [-0.3, -0.25) is 14.9 Å². The average molecular weight is 325 g/mol. The van der Waals surface area contributed by atoms with E-state index in [0.717, 1.165) is 24.5 Å². The van der Waals surface area contributed by atoms with Gasteiger partial charge < -0.3 is 0 Å². The van der Waals surface area contributed by atoms with Crippen LogP contribution >= 0.6 is 0 Å². The molecule has 2 aromatic rings. The second-order valence-electron chi connectivity index (χ2n) is 6.95. The molecular formula is C19H27N5. The molecule has 5 nitrogen and oxygen atoms in total. The van der Waals surface area contributed by atoms with E-state index in [2.05, 4.69) is 38.8 Å². The first kappa shape index (κ1) is 17.0. The molecule has 0 spiro atoms. The molecule has 1 atom stereocenters. The molecule has 0 saturated heterocycles. The van der Waals surface area contributed by atoms with E-state index in [-0.39, 0.29) is 0 Å². The normalized spacial score (nSPS) is 17.1. The third-order valence-electron chi connectivity index (χ3n) is 5.00. The van der Waals surface area contributed by atoms with Gasteiger partial charge in [-0.15, -0.1) is 0 Å². The van der Waals surface area contributed by atoms with Gasteiger partial charge in [-0.05, 0) is 26.8 Å². The zero-order valence-corrected chi connectivity index (χ0v) is 14.7. The summed E-state index contributed by atoms with van der Waals surface area (Å²) < 4.78 is 0. The molecule has 0 aromatic carbocycles. The number of likely N-dealkylation sites (N-methyl/N-ethyl adjacent to an activating group) is 1. The number of rotatable bonds is 6. The van der Waals surface area contributed by atoms with Crippen molar-refractivity contribution in [3.8, 4) is 0 Å². The van der Waals surface area contributed by atoms with Gasteiger partial charge in [-0.2, -0.15) is 0 Å². The summed E-state index contributed by atoms with van der Waals surface area (Å²) in [6, 6.07) is 0.389. The topological polar surface area (TPSA) is 54.8 Å². The highest BCUT2D eigenvalue weighted by molar-refractivity contribution is 5.08. The number of nitrogens with zero attached hydrogens (tertiary/aromatic N) is 5. The lowest BCUT2D eigenvalue weighted by molar-refractivity contribution is 0.246. The fourth-order valence-electron chi connectivity index (χ4n) is 3.36. The average Bonchev–Trinajstić information content (AvgIpc) is 2.64. The maximum absolute atomic E-state index is 4.64. The summed E-state index contributed by atoms with van der Waals surface area (Å²) in [5, 5.41) is 0. The molecule has 0 bridgehead atoms. The van der Waals surface area contributed by atoms with E-state index in [9.17, 15) is 0 Å². The van der Waals surface area contributed by atoms with Crippen molar-refractivity contribution < 1.29 is 0 Å². The van der Waals surface area contributed by atoms with E-state index in [4.69, 9.17) is 0 Å². The second-order valence-corrected chi connectivity index (χ2v) is 6.95. The fraction of sp³-hybridized carbons (Fsp3) is 0.579. The van der Waals surface area contributed by atoms with Crippen LogP contribution < -0.4 is 0 Å². The summed E-state index contributed by atoms with van der Waals surface area (Å²) in [4.78, 5) is 20.1. The molecule has 1 aliphatic carbocycles. The molecule has 0 radical (unpaired) electrons. The molecule has 1 fully saturated rings. The van der Waals surface area contributed by atoms with Crippen LogP contribution in [0, 0.1) is 0 Å². The standard InChI is InChI=1S/C19H27N5/c1-15(10-18-13-20-8-9-21-18)24(2)14-16-11-22-19(23-12-16)17-6-4-3-5-7-17/h8-9,11-13,15,17H,3-7,10,14H2,1-2H3. The lowest BCUT2D eigenvalue weighted by atomic mass is 9.89. The van der Waals surface area contributed by atoms with Crippen molar-refractivity contribution in [1.29, 1.82) is 0 Å². The zero-order valence-electron chi connectivity index (χ0n) is 14.7. The van der Waals surface area contributed by atoms with Gasteiger partial charge in [0.1, 0.15) is 5.82 Å². The smallest absolute Gasteiger partial charge is 0.131 e. The van der Waals surface area contributed by atoms with Gasteiger partial charge in [0.2, 0.25) is 0 Å². The molecule has 128 valence electrons. The summed E-state index contributed by atoms with van der Waals surface area (Å²) in [6.45, 7) is 3.07. The van der Waals surface area contributed by atoms with Gasteiger partial charge in [0.05, 0.1) is 5.69 Å². The lowest BCUT2D eigenvalue weighted by Crippen LogP contribution is -2.30. The summed E-state index contributed by atoms with van der Waals surface area (Å²) in [6.07, 6.45) is 16.7. The Morgan fingerprint density at radius 2 is 1.79 bits per heavy atom. The minimum absolute atomic E-state index is 0.389. The molecule has 2 aromatic heterocycles. The van der Waals surface area contributed by atoms with E-state index in [0.29, 0.717) is 12.0 Å². The van der Waals surface area contributed by atoms with E-state index >= 15 is 0 Å². The van der Waals surface area contributed by atoms with Crippen LogP contribution in [-0.4, -0.2) is 37.9 Å². The highest BCUT2D eigenvalue weighted by atomic mass is 15.1. The van der Waals surface area contributed by atoms with E-state index < -0.39 is 0 Å². The molecule has 1 saturated carbocycles. The van der Waals surface area contributed by atoms with Crippen LogP contribution in [0.1, 0.15) is 62.0 Å². The van der Waals surface area contributed by atoms with Gasteiger partial charge in [-0.1, -0.05) is 19.3 Å². The lowest BCUT2D eigenvalue weighted by Gasteiger charge is -2.24. The van der Waals surface area contributed by atoms with Crippen molar-refractivity contribution in [3.63, 3.8) is 0 Å². The first-order valence-corrected chi connectivity index (χ1v) is 8.98. The molecular weight excluding hydrogens is 298 g/mol. The van der Waals surface area contributed by atoms with Gasteiger partial charge in [0, 0.05) is 61.5 Å². The second kappa shape index (κ2) is 8.29. The summed E-state index contributed by atoms with van der Waals surface area (Å²) in [7, 11) is 2.14. The molecule has 24 heavy (non-hydrogen) atoms. The number of hydrogen-bond donors (Lipinski definition) is 0. The van der Waals surface area contributed by atoms with Crippen LogP contribution in [0.3, 0.4) is 0 Å². The van der Waals surface area contributed by atoms with Crippen LogP contribution in [0.5, 0.6) is 0 Å². The summed E-state index contributed by atoms with van der Waals surface area (Å²) in [5.74, 6) is 1.61. The predicted octanol–water partition coefficient (Wildman–Crippen LogP) is 3.38.